The molecule has 94 valence electrons. The van der Waals surface area contributed by atoms with Crippen LogP contribution in [-0.2, 0) is 0 Å². The normalized spacial score (nSPS) is 11.2. The number of ketones is 1. The molecule has 0 aromatic heterocycles. The molecule has 0 heterocycles. The Morgan fingerprint density at radius 2 is 1.58 bits per heavy atom. The van der Waals surface area contributed by atoms with Gasteiger partial charge in [-0.25, -0.2) is 0 Å². The molecule has 0 aliphatic carbocycles. The van der Waals surface area contributed by atoms with Crippen LogP contribution in [0.15, 0.2) is 72.8 Å². The topological polar surface area (TPSA) is 37.3 Å². The Morgan fingerprint density at radius 1 is 0.895 bits per heavy atom. The maximum Gasteiger partial charge on any atom is 0.185 e. The number of allylic oxidation sites excluding steroid dienone is 3. The van der Waals surface area contributed by atoms with Crippen LogP contribution in [0, 0.1) is 0 Å². The minimum absolute atomic E-state index is 0.0393. The van der Waals surface area contributed by atoms with Crippen molar-refractivity contribution in [1.29, 1.82) is 0 Å². The van der Waals surface area contributed by atoms with E-state index in [1.807, 2.05) is 24.3 Å². The van der Waals surface area contributed by atoms with Gasteiger partial charge in [0.2, 0.25) is 0 Å². The Labute approximate surface area is 112 Å². The van der Waals surface area contributed by atoms with Gasteiger partial charge in [0.25, 0.3) is 0 Å². The highest BCUT2D eigenvalue weighted by molar-refractivity contribution is 6.04. The predicted octanol–water partition coefficient (Wildman–Crippen LogP) is 3.84. The highest BCUT2D eigenvalue weighted by Gasteiger charge is 1.98. The van der Waals surface area contributed by atoms with Crippen molar-refractivity contribution >= 4 is 11.9 Å². The number of phenolic OH excluding ortho intramolecular Hbond substituents is 1. The first kappa shape index (κ1) is 12.8. The third-order valence-electron chi connectivity index (χ3n) is 2.63. The summed E-state index contributed by atoms with van der Waals surface area (Å²) in [5.41, 5.74) is 1.38. The maximum absolute atomic E-state index is 11.8. The van der Waals surface area contributed by atoms with Crippen LogP contribution >= 0.6 is 0 Å². The van der Waals surface area contributed by atoms with E-state index in [0.29, 0.717) is 5.56 Å². The fraction of sp³-hybridized carbons (Fsp3) is 0. The molecule has 0 bridgehead atoms. The molecule has 2 aromatic carbocycles. The SMILES string of the molecule is O=C(/C=C/C=C/c1ccccc1O)c1ccccc1. The van der Waals surface area contributed by atoms with Gasteiger partial charge in [0.1, 0.15) is 5.75 Å². The number of hydrogen-bond donors (Lipinski definition) is 1. The van der Waals surface area contributed by atoms with Gasteiger partial charge >= 0.3 is 0 Å². The summed E-state index contributed by atoms with van der Waals surface area (Å²) in [4.78, 5) is 11.8. The van der Waals surface area contributed by atoms with Gasteiger partial charge in [0.15, 0.2) is 5.78 Å². The lowest BCUT2D eigenvalue weighted by Crippen LogP contribution is -1.92. The van der Waals surface area contributed by atoms with Gasteiger partial charge in [-0.05, 0) is 12.1 Å². The summed E-state index contributed by atoms with van der Waals surface area (Å²) in [5, 5.41) is 9.55. The van der Waals surface area contributed by atoms with E-state index in [4.69, 9.17) is 0 Å². The predicted molar refractivity (Wildman–Crippen MR) is 77.1 cm³/mol. The highest BCUT2D eigenvalue weighted by atomic mass is 16.3. The largest absolute Gasteiger partial charge is 0.507 e. The van der Waals surface area contributed by atoms with Crippen molar-refractivity contribution in [2.75, 3.05) is 0 Å². The Morgan fingerprint density at radius 3 is 2.32 bits per heavy atom. The monoisotopic (exact) mass is 250 g/mol. The van der Waals surface area contributed by atoms with Gasteiger partial charge in [0, 0.05) is 11.1 Å². The molecule has 0 aliphatic rings. The van der Waals surface area contributed by atoms with Crippen LogP contribution in [0.25, 0.3) is 6.08 Å². The molecule has 0 atom stereocenters. The standard InChI is InChI=1S/C17H14O2/c18-16(14-8-2-1-3-9-14)12-6-4-10-15-11-5-7-13-17(15)19/h1-13,19H/b10-4+,12-6+. The van der Waals surface area contributed by atoms with E-state index in [0.717, 1.165) is 5.56 Å². The molecule has 0 saturated carbocycles. The first-order valence-corrected chi connectivity index (χ1v) is 5.99. The third-order valence-corrected chi connectivity index (χ3v) is 2.63. The number of rotatable bonds is 4. The van der Waals surface area contributed by atoms with E-state index in [-0.39, 0.29) is 11.5 Å². The second-order valence-electron chi connectivity index (χ2n) is 4.01. The van der Waals surface area contributed by atoms with Gasteiger partial charge in [-0.15, -0.1) is 0 Å². The lowest BCUT2D eigenvalue weighted by Gasteiger charge is -1.95. The zero-order valence-electron chi connectivity index (χ0n) is 10.4. The van der Waals surface area contributed by atoms with Gasteiger partial charge < -0.3 is 5.11 Å². The van der Waals surface area contributed by atoms with Gasteiger partial charge in [-0.3, -0.25) is 4.79 Å². The molecule has 0 spiro atoms. The molecule has 2 aromatic rings. The highest BCUT2D eigenvalue weighted by Crippen LogP contribution is 2.16. The van der Waals surface area contributed by atoms with Crippen LogP contribution in [0.1, 0.15) is 15.9 Å². The van der Waals surface area contributed by atoms with Crippen LogP contribution in [-0.4, -0.2) is 10.9 Å². The van der Waals surface area contributed by atoms with E-state index in [1.165, 1.54) is 6.08 Å². The van der Waals surface area contributed by atoms with Crippen molar-refractivity contribution in [3.63, 3.8) is 0 Å². The van der Waals surface area contributed by atoms with Crippen molar-refractivity contribution in [2.45, 2.75) is 0 Å². The number of carbonyl (C=O) groups is 1. The lowest BCUT2D eigenvalue weighted by atomic mass is 10.1. The summed E-state index contributed by atoms with van der Waals surface area (Å²) >= 11 is 0. The summed E-state index contributed by atoms with van der Waals surface area (Å²) in [6.45, 7) is 0. The van der Waals surface area contributed by atoms with Crippen LogP contribution in [0.5, 0.6) is 5.75 Å². The summed E-state index contributed by atoms with van der Waals surface area (Å²) < 4.78 is 0. The lowest BCUT2D eigenvalue weighted by molar-refractivity contribution is 0.104. The van der Waals surface area contributed by atoms with Gasteiger partial charge in [-0.2, -0.15) is 0 Å². The number of phenols is 1. The zero-order valence-corrected chi connectivity index (χ0v) is 10.4. The molecule has 0 amide bonds. The summed E-state index contributed by atoms with van der Waals surface area (Å²) in [7, 11) is 0. The van der Waals surface area contributed by atoms with E-state index < -0.39 is 0 Å². The first-order chi connectivity index (χ1) is 9.27. The molecule has 0 aliphatic heterocycles. The fourth-order valence-corrected chi connectivity index (χ4v) is 1.63. The first-order valence-electron chi connectivity index (χ1n) is 5.99. The smallest absolute Gasteiger partial charge is 0.185 e. The van der Waals surface area contributed by atoms with Gasteiger partial charge in [0.05, 0.1) is 0 Å². The summed E-state index contributed by atoms with van der Waals surface area (Å²) in [5.74, 6) is 0.184. The quantitative estimate of drug-likeness (QED) is 0.508. The van der Waals surface area contributed by atoms with Crippen molar-refractivity contribution in [3.8, 4) is 5.75 Å². The fourth-order valence-electron chi connectivity index (χ4n) is 1.63. The summed E-state index contributed by atoms with van der Waals surface area (Å²) in [6, 6.07) is 16.1. The van der Waals surface area contributed by atoms with Gasteiger partial charge in [-0.1, -0.05) is 66.8 Å². The molecule has 19 heavy (non-hydrogen) atoms. The second kappa shape index (κ2) is 6.36. The Bertz CT molecular complexity index is 610. The number of benzene rings is 2. The van der Waals surface area contributed by atoms with Crippen LogP contribution in [0.4, 0.5) is 0 Å². The Balaban J connectivity index is 2.01. The molecule has 1 N–H and O–H groups in total. The van der Waals surface area contributed by atoms with Crippen molar-refractivity contribution < 1.29 is 9.90 Å². The molecule has 2 rings (SSSR count). The molecule has 2 nitrogen and oxygen atoms in total. The zero-order chi connectivity index (χ0) is 13.5. The Kier molecular flexibility index (Phi) is 4.29. The summed E-state index contributed by atoms with van der Waals surface area (Å²) in [6.07, 6.45) is 6.66. The number of carbonyl (C=O) groups excluding carboxylic acids is 1. The minimum atomic E-state index is -0.0393. The molecule has 0 radical (unpaired) electrons. The minimum Gasteiger partial charge on any atom is -0.507 e. The molecule has 0 fully saturated rings. The van der Waals surface area contributed by atoms with Crippen molar-refractivity contribution in [1.82, 2.24) is 0 Å². The van der Waals surface area contributed by atoms with Crippen molar-refractivity contribution in [2.24, 2.45) is 0 Å². The van der Waals surface area contributed by atoms with E-state index in [2.05, 4.69) is 0 Å². The molecule has 0 unspecified atom stereocenters. The maximum atomic E-state index is 11.8. The molecule has 2 heteroatoms. The number of hydrogen-bond acceptors (Lipinski definition) is 2. The third kappa shape index (κ3) is 3.68. The molecular weight excluding hydrogens is 236 g/mol. The van der Waals surface area contributed by atoms with E-state index in [1.54, 1.807) is 48.6 Å². The van der Waals surface area contributed by atoms with Crippen molar-refractivity contribution in [3.05, 3.63) is 84.0 Å². The van der Waals surface area contributed by atoms with Crippen LogP contribution < -0.4 is 0 Å². The van der Waals surface area contributed by atoms with E-state index >= 15 is 0 Å². The molecule has 0 saturated heterocycles. The number of aromatic hydroxyl groups is 1. The van der Waals surface area contributed by atoms with E-state index in [9.17, 15) is 9.90 Å². The molecular formula is C17H14O2. The van der Waals surface area contributed by atoms with Crippen LogP contribution in [0.2, 0.25) is 0 Å². The average molecular weight is 250 g/mol. The Hall–Kier alpha value is -2.61. The number of para-hydroxylation sites is 1. The van der Waals surface area contributed by atoms with Crippen LogP contribution in [0.3, 0.4) is 0 Å². The second-order valence-corrected chi connectivity index (χ2v) is 4.01. The average Bonchev–Trinajstić information content (AvgIpc) is 2.46.